The van der Waals surface area contributed by atoms with Crippen molar-refractivity contribution in [2.45, 2.75) is 53.2 Å². The quantitative estimate of drug-likeness (QED) is 0.206. The lowest BCUT2D eigenvalue weighted by molar-refractivity contribution is 0.129. The second-order valence-corrected chi connectivity index (χ2v) is 9.88. The second kappa shape index (κ2) is 13.3. The Labute approximate surface area is 193 Å². The van der Waals surface area contributed by atoms with Crippen molar-refractivity contribution in [1.29, 1.82) is 0 Å². The van der Waals surface area contributed by atoms with Gasteiger partial charge in [0.15, 0.2) is 5.96 Å². The Bertz CT molecular complexity index is 733. The first-order valence-electron chi connectivity index (χ1n) is 9.82. The van der Waals surface area contributed by atoms with Crippen LogP contribution in [0.5, 0.6) is 5.75 Å². The van der Waals surface area contributed by atoms with Gasteiger partial charge < -0.3 is 15.4 Å². The highest BCUT2D eigenvalue weighted by Crippen LogP contribution is 2.23. The summed E-state index contributed by atoms with van der Waals surface area (Å²) in [5, 5.41) is 6.48. The van der Waals surface area contributed by atoms with Crippen molar-refractivity contribution < 1.29 is 13.2 Å². The monoisotopic (exact) mass is 540 g/mol. The molecule has 0 heterocycles. The molecule has 2 N–H and O–H groups in total. The number of rotatable bonds is 10. The zero-order chi connectivity index (χ0) is 21.2. The van der Waals surface area contributed by atoms with Crippen LogP contribution < -0.4 is 15.4 Å². The molecule has 1 aromatic carbocycles. The summed E-state index contributed by atoms with van der Waals surface area (Å²) in [6.07, 6.45) is 0.698. The van der Waals surface area contributed by atoms with Gasteiger partial charge in [-0.05, 0) is 47.1 Å². The standard InChI is InChI=1S/C20H36N4O3S.HI/c1-7-21-19(22-14-11-15-24(6)28(25,26)8-2)23-16-17-12-9-10-13-18(17)27-20(3,4)5;/h9-10,12-13H,7-8,11,14-16H2,1-6H3,(H2,21,22,23);1H. The van der Waals surface area contributed by atoms with Gasteiger partial charge in [0.05, 0.1) is 12.3 Å². The second-order valence-electron chi connectivity index (χ2n) is 7.52. The summed E-state index contributed by atoms with van der Waals surface area (Å²) < 4.78 is 31.0. The topological polar surface area (TPSA) is 83.0 Å². The van der Waals surface area contributed by atoms with Gasteiger partial charge in [0.25, 0.3) is 0 Å². The molecule has 7 nitrogen and oxygen atoms in total. The van der Waals surface area contributed by atoms with E-state index in [-0.39, 0.29) is 35.3 Å². The molecule has 1 rings (SSSR count). The molecule has 0 amide bonds. The van der Waals surface area contributed by atoms with Crippen molar-refractivity contribution in [3.8, 4) is 5.75 Å². The normalized spacial score (nSPS) is 12.4. The molecular weight excluding hydrogens is 503 g/mol. The Morgan fingerprint density at radius 3 is 2.41 bits per heavy atom. The summed E-state index contributed by atoms with van der Waals surface area (Å²) in [5.74, 6) is 1.66. The maximum Gasteiger partial charge on any atom is 0.213 e. The van der Waals surface area contributed by atoms with Crippen LogP contribution >= 0.6 is 24.0 Å². The minimum Gasteiger partial charge on any atom is -0.488 e. The third kappa shape index (κ3) is 11.0. The van der Waals surface area contributed by atoms with E-state index in [1.807, 2.05) is 52.0 Å². The van der Waals surface area contributed by atoms with Gasteiger partial charge in [-0.15, -0.1) is 24.0 Å². The molecule has 9 heteroatoms. The van der Waals surface area contributed by atoms with Gasteiger partial charge in [0, 0.05) is 32.2 Å². The molecule has 1 aromatic rings. The molecule has 0 atom stereocenters. The van der Waals surface area contributed by atoms with Gasteiger partial charge in [0.2, 0.25) is 10.0 Å². The largest absolute Gasteiger partial charge is 0.488 e. The molecule has 0 bridgehead atoms. The molecule has 29 heavy (non-hydrogen) atoms. The highest BCUT2D eigenvalue weighted by Gasteiger charge is 2.15. The average Bonchev–Trinajstić information content (AvgIpc) is 2.62. The Morgan fingerprint density at radius 1 is 1.17 bits per heavy atom. The van der Waals surface area contributed by atoms with Crippen molar-refractivity contribution in [3.05, 3.63) is 29.8 Å². The van der Waals surface area contributed by atoms with Gasteiger partial charge >= 0.3 is 0 Å². The number of benzene rings is 1. The summed E-state index contributed by atoms with van der Waals surface area (Å²) in [6, 6.07) is 7.91. The van der Waals surface area contributed by atoms with E-state index in [4.69, 9.17) is 4.74 Å². The molecule has 0 saturated heterocycles. The number of guanidine groups is 1. The molecule has 0 spiro atoms. The van der Waals surface area contributed by atoms with Gasteiger partial charge in [-0.3, -0.25) is 0 Å². The lowest BCUT2D eigenvalue weighted by atomic mass is 10.1. The van der Waals surface area contributed by atoms with Crippen LogP contribution in [0.4, 0.5) is 0 Å². The molecule has 0 aliphatic rings. The summed E-state index contributed by atoms with van der Waals surface area (Å²) in [4.78, 5) is 4.64. The number of ether oxygens (including phenoxy) is 1. The number of halogens is 1. The van der Waals surface area contributed by atoms with Gasteiger partial charge in [-0.25, -0.2) is 17.7 Å². The van der Waals surface area contributed by atoms with Gasteiger partial charge in [-0.2, -0.15) is 0 Å². The van der Waals surface area contributed by atoms with E-state index in [1.165, 1.54) is 4.31 Å². The van der Waals surface area contributed by atoms with E-state index in [0.29, 0.717) is 32.0 Å². The SMILES string of the molecule is CCNC(=NCc1ccccc1OC(C)(C)C)NCCCN(C)S(=O)(=O)CC.I. The van der Waals surface area contributed by atoms with Crippen molar-refractivity contribution in [2.75, 3.05) is 32.4 Å². The molecule has 0 aromatic heterocycles. The third-order valence-electron chi connectivity index (χ3n) is 3.92. The first-order valence-corrected chi connectivity index (χ1v) is 11.4. The zero-order valence-electron chi connectivity index (χ0n) is 18.5. The third-order valence-corrected chi connectivity index (χ3v) is 5.78. The number of aliphatic imine (C=N–C) groups is 1. The van der Waals surface area contributed by atoms with Crippen LogP contribution in [0.15, 0.2) is 29.3 Å². The van der Waals surface area contributed by atoms with Crippen molar-refractivity contribution in [3.63, 3.8) is 0 Å². The van der Waals surface area contributed by atoms with Crippen LogP contribution in [0.2, 0.25) is 0 Å². The molecule has 0 aliphatic carbocycles. The van der Waals surface area contributed by atoms with Crippen molar-refractivity contribution >= 4 is 40.0 Å². The lowest BCUT2D eigenvalue weighted by Gasteiger charge is -2.23. The van der Waals surface area contributed by atoms with E-state index < -0.39 is 10.0 Å². The summed E-state index contributed by atoms with van der Waals surface area (Å²) >= 11 is 0. The Balaban J connectivity index is 0.00000784. The molecule has 0 aliphatic heterocycles. The predicted molar refractivity (Wildman–Crippen MR) is 132 cm³/mol. The van der Waals surface area contributed by atoms with Crippen LogP contribution in [-0.4, -0.2) is 56.7 Å². The van der Waals surface area contributed by atoms with E-state index in [9.17, 15) is 8.42 Å². The molecule has 0 unspecified atom stereocenters. The van der Waals surface area contributed by atoms with Gasteiger partial charge in [0.1, 0.15) is 11.4 Å². The van der Waals surface area contributed by atoms with E-state index >= 15 is 0 Å². The maximum absolute atomic E-state index is 11.8. The molecular formula is C20H37IN4O3S. The number of hydrogen-bond donors (Lipinski definition) is 2. The van der Waals surface area contributed by atoms with Crippen LogP contribution in [-0.2, 0) is 16.6 Å². The molecule has 0 fully saturated rings. The molecule has 0 radical (unpaired) electrons. The first-order chi connectivity index (χ1) is 13.1. The van der Waals surface area contributed by atoms with Crippen LogP contribution in [0, 0.1) is 0 Å². The van der Waals surface area contributed by atoms with Crippen LogP contribution in [0.25, 0.3) is 0 Å². The van der Waals surface area contributed by atoms with Crippen LogP contribution in [0.1, 0.15) is 46.6 Å². The van der Waals surface area contributed by atoms with E-state index in [0.717, 1.165) is 17.9 Å². The number of hydrogen-bond acceptors (Lipinski definition) is 4. The Morgan fingerprint density at radius 2 is 1.83 bits per heavy atom. The Kier molecular flexibility index (Phi) is 12.8. The highest BCUT2D eigenvalue weighted by atomic mass is 127. The predicted octanol–water partition coefficient (Wildman–Crippen LogP) is 3.21. The lowest BCUT2D eigenvalue weighted by Crippen LogP contribution is -2.39. The smallest absolute Gasteiger partial charge is 0.213 e. The fourth-order valence-corrected chi connectivity index (χ4v) is 3.29. The van der Waals surface area contributed by atoms with Crippen molar-refractivity contribution in [1.82, 2.24) is 14.9 Å². The maximum atomic E-state index is 11.8. The minimum atomic E-state index is -3.13. The number of para-hydroxylation sites is 1. The number of nitrogens with zero attached hydrogens (tertiary/aromatic N) is 2. The van der Waals surface area contributed by atoms with Crippen LogP contribution in [0.3, 0.4) is 0 Å². The van der Waals surface area contributed by atoms with Gasteiger partial charge in [-0.1, -0.05) is 18.2 Å². The number of nitrogens with one attached hydrogen (secondary N) is 2. The minimum absolute atomic E-state index is 0. The molecule has 168 valence electrons. The Hall–Kier alpha value is -1.07. The van der Waals surface area contributed by atoms with E-state index in [1.54, 1.807) is 14.0 Å². The summed E-state index contributed by atoms with van der Waals surface area (Å²) in [5.41, 5.74) is 0.747. The summed E-state index contributed by atoms with van der Waals surface area (Å²) in [7, 11) is -1.51. The zero-order valence-corrected chi connectivity index (χ0v) is 21.6. The average molecular weight is 541 g/mol. The number of sulfonamides is 1. The fraction of sp³-hybridized carbons (Fsp3) is 0.650. The highest BCUT2D eigenvalue weighted by molar-refractivity contribution is 14.0. The fourth-order valence-electron chi connectivity index (χ4n) is 2.44. The van der Waals surface area contributed by atoms with Crippen molar-refractivity contribution in [2.24, 2.45) is 4.99 Å². The molecule has 0 saturated carbocycles. The first kappa shape index (κ1) is 27.9. The van der Waals surface area contributed by atoms with E-state index in [2.05, 4.69) is 15.6 Å². The summed E-state index contributed by atoms with van der Waals surface area (Å²) in [6.45, 7) is 12.1.